The third kappa shape index (κ3) is 4.42. The minimum absolute atomic E-state index is 0.599. The lowest BCUT2D eigenvalue weighted by atomic mass is 10.2. The van der Waals surface area contributed by atoms with Crippen LogP contribution in [0.1, 0.15) is 25.3 Å². The first-order valence-electron chi connectivity index (χ1n) is 6.60. The van der Waals surface area contributed by atoms with Gasteiger partial charge < -0.3 is 15.4 Å². The highest BCUT2D eigenvalue weighted by Gasteiger charge is 2.22. The summed E-state index contributed by atoms with van der Waals surface area (Å²) in [4.78, 5) is 4.61. The van der Waals surface area contributed by atoms with Gasteiger partial charge in [-0.25, -0.2) is 4.99 Å². The molecule has 4 nitrogen and oxygen atoms in total. The van der Waals surface area contributed by atoms with Crippen LogP contribution in [0.4, 0.5) is 0 Å². The Hall–Kier alpha value is -1.23. The van der Waals surface area contributed by atoms with E-state index in [0.29, 0.717) is 12.6 Å². The molecular weight excluding hydrogens is 306 g/mol. The van der Waals surface area contributed by atoms with E-state index in [1.807, 2.05) is 18.2 Å². The van der Waals surface area contributed by atoms with Crippen LogP contribution < -0.4 is 15.4 Å². The van der Waals surface area contributed by atoms with Gasteiger partial charge in [0.25, 0.3) is 0 Å². The molecule has 0 aliphatic heterocycles. The molecule has 0 radical (unpaired) electrons. The van der Waals surface area contributed by atoms with E-state index in [4.69, 9.17) is 4.74 Å². The van der Waals surface area contributed by atoms with Crippen LogP contribution in [0.2, 0.25) is 0 Å². The van der Waals surface area contributed by atoms with Gasteiger partial charge >= 0.3 is 0 Å². The van der Waals surface area contributed by atoms with E-state index in [9.17, 15) is 0 Å². The largest absolute Gasteiger partial charge is 0.496 e. The average molecular weight is 326 g/mol. The summed E-state index contributed by atoms with van der Waals surface area (Å²) in [5.74, 6) is 1.75. The smallest absolute Gasteiger partial charge is 0.191 e. The molecule has 0 aromatic heterocycles. The lowest BCUT2D eigenvalue weighted by Crippen LogP contribution is -2.38. The Bertz CT molecular complexity index is 458. The Kier molecular flexibility index (Phi) is 5.07. The van der Waals surface area contributed by atoms with Gasteiger partial charge in [0, 0.05) is 22.6 Å². The van der Waals surface area contributed by atoms with Crippen LogP contribution in [-0.2, 0) is 6.54 Å². The normalized spacial score (nSPS) is 15.2. The second-order valence-electron chi connectivity index (χ2n) is 4.57. The maximum Gasteiger partial charge on any atom is 0.191 e. The number of guanidine groups is 1. The second-order valence-corrected chi connectivity index (χ2v) is 5.49. The van der Waals surface area contributed by atoms with E-state index in [0.717, 1.165) is 28.3 Å². The van der Waals surface area contributed by atoms with E-state index >= 15 is 0 Å². The SMILES string of the molecule is CCNC(=NCc1cc(Br)ccc1OC)NC1CC1. The number of benzene rings is 1. The number of nitrogens with zero attached hydrogens (tertiary/aromatic N) is 1. The summed E-state index contributed by atoms with van der Waals surface area (Å²) in [6, 6.07) is 6.57. The summed E-state index contributed by atoms with van der Waals surface area (Å²) in [6.07, 6.45) is 2.48. The van der Waals surface area contributed by atoms with E-state index < -0.39 is 0 Å². The summed E-state index contributed by atoms with van der Waals surface area (Å²) < 4.78 is 6.40. The molecule has 19 heavy (non-hydrogen) atoms. The number of aliphatic imine (C=N–C) groups is 1. The molecule has 0 heterocycles. The third-order valence-electron chi connectivity index (χ3n) is 2.91. The minimum Gasteiger partial charge on any atom is -0.496 e. The van der Waals surface area contributed by atoms with Crippen molar-refractivity contribution in [2.24, 2.45) is 4.99 Å². The van der Waals surface area contributed by atoms with Gasteiger partial charge in [-0.1, -0.05) is 15.9 Å². The van der Waals surface area contributed by atoms with Crippen molar-refractivity contribution in [3.63, 3.8) is 0 Å². The molecule has 1 aliphatic rings. The molecule has 1 aromatic carbocycles. The molecule has 1 saturated carbocycles. The van der Waals surface area contributed by atoms with Gasteiger partial charge in [-0.15, -0.1) is 0 Å². The van der Waals surface area contributed by atoms with Crippen molar-refractivity contribution in [2.75, 3.05) is 13.7 Å². The summed E-state index contributed by atoms with van der Waals surface area (Å²) in [5.41, 5.74) is 1.07. The summed E-state index contributed by atoms with van der Waals surface area (Å²) in [5, 5.41) is 6.66. The summed E-state index contributed by atoms with van der Waals surface area (Å²) in [7, 11) is 1.68. The zero-order valence-corrected chi connectivity index (χ0v) is 13.0. The van der Waals surface area contributed by atoms with Gasteiger partial charge in [0.15, 0.2) is 5.96 Å². The van der Waals surface area contributed by atoms with Crippen LogP contribution in [0.25, 0.3) is 0 Å². The van der Waals surface area contributed by atoms with Crippen molar-refractivity contribution in [2.45, 2.75) is 32.4 Å². The van der Waals surface area contributed by atoms with Crippen molar-refractivity contribution in [3.05, 3.63) is 28.2 Å². The van der Waals surface area contributed by atoms with Gasteiger partial charge in [0.05, 0.1) is 13.7 Å². The van der Waals surface area contributed by atoms with E-state index in [-0.39, 0.29) is 0 Å². The topological polar surface area (TPSA) is 45.7 Å². The summed E-state index contributed by atoms with van der Waals surface area (Å²) >= 11 is 3.48. The fourth-order valence-electron chi connectivity index (χ4n) is 1.78. The molecule has 2 N–H and O–H groups in total. The highest BCUT2D eigenvalue weighted by Crippen LogP contribution is 2.23. The van der Waals surface area contributed by atoms with Crippen LogP contribution in [0.3, 0.4) is 0 Å². The van der Waals surface area contributed by atoms with E-state index in [2.05, 4.69) is 38.5 Å². The molecule has 0 atom stereocenters. The number of halogens is 1. The minimum atomic E-state index is 0.599. The van der Waals surface area contributed by atoms with Crippen molar-refractivity contribution >= 4 is 21.9 Å². The highest BCUT2D eigenvalue weighted by molar-refractivity contribution is 9.10. The molecule has 104 valence electrons. The molecular formula is C14H20BrN3O. The zero-order chi connectivity index (χ0) is 13.7. The molecule has 2 rings (SSSR count). The van der Waals surface area contributed by atoms with Crippen molar-refractivity contribution in [1.29, 1.82) is 0 Å². The number of ether oxygens (including phenoxy) is 1. The molecule has 1 aliphatic carbocycles. The molecule has 0 saturated heterocycles. The Morgan fingerprint density at radius 2 is 2.26 bits per heavy atom. The first-order valence-corrected chi connectivity index (χ1v) is 7.39. The average Bonchev–Trinajstić information content (AvgIpc) is 3.20. The first kappa shape index (κ1) is 14.2. The van der Waals surface area contributed by atoms with Crippen molar-refractivity contribution < 1.29 is 4.74 Å². The van der Waals surface area contributed by atoms with Crippen molar-refractivity contribution in [1.82, 2.24) is 10.6 Å². The molecule has 1 fully saturated rings. The third-order valence-corrected chi connectivity index (χ3v) is 3.41. The Labute approximate surface area is 122 Å². The Morgan fingerprint density at radius 1 is 1.47 bits per heavy atom. The standard InChI is InChI=1S/C14H20BrN3O/c1-3-16-14(18-12-5-6-12)17-9-10-8-11(15)4-7-13(10)19-2/h4,7-8,12H,3,5-6,9H2,1-2H3,(H2,16,17,18). The van der Waals surface area contributed by atoms with Gasteiger partial charge in [-0.05, 0) is 38.0 Å². The lowest BCUT2D eigenvalue weighted by molar-refractivity contribution is 0.409. The quantitative estimate of drug-likeness (QED) is 0.646. The lowest BCUT2D eigenvalue weighted by Gasteiger charge is -2.11. The van der Waals surface area contributed by atoms with Crippen LogP contribution in [0.5, 0.6) is 5.75 Å². The van der Waals surface area contributed by atoms with E-state index in [1.165, 1.54) is 12.8 Å². The van der Waals surface area contributed by atoms with Gasteiger partial charge in [-0.2, -0.15) is 0 Å². The molecule has 0 bridgehead atoms. The number of methoxy groups -OCH3 is 1. The molecule has 5 heteroatoms. The van der Waals surface area contributed by atoms with Crippen molar-refractivity contribution in [3.8, 4) is 5.75 Å². The Morgan fingerprint density at radius 3 is 2.89 bits per heavy atom. The van der Waals surface area contributed by atoms with Crippen LogP contribution in [0, 0.1) is 0 Å². The van der Waals surface area contributed by atoms with Crippen LogP contribution in [-0.4, -0.2) is 25.7 Å². The fraction of sp³-hybridized carbons (Fsp3) is 0.500. The first-order chi connectivity index (χ1) is 9.22. The molecule has 0 amide bonds. The second kappa shape index (κ2) is 6.80. The predicted octanol–water partition coefficient (Wildman–Crippen LogP) is 2.68. The van der Waals surface area contributed by atoms with Crippen LogP contribution >= 0.6 is 15.9 Å². The Balaban J connectivity index is 2.06. The molecule has 0 spiro atoms. The highest BCUT2D eigenvalue weighted by atomic mass is 79.9. The monoisotopic (exact) mass is 325 g/mol. The predicted molar refractivity (Wildman–Crippen MR) is 81.7 cm³/mol. The van der Waals surface area contributed by atoms with Gasteiger partial charge in [-0.3, -0.25) is 0 Å². The zero-order valence-electron chi connectivity index (χ0n) is 11.4. The number of rotatable bonds is 5. The maximum absolute atomic E-state index is 5.36. The van der Waals surface area contributed by atoms with Crippen LogP contribution in [0.15, 0.2) is 27.7 Å². The molecule has 0 unspecified atom stereocenters. The van der Waals surface area contributed by atoms with Gasteiger partial charge in [0.2, 0.25) is 0 Å². The molecule has 1 aromatic rings. The fourth-order valence-corrected chi connectivity index (χ4v) is 2.18. The maximum atomic E-state index is 5.36. The summed E-state index contributed by atoms with van der Waals surface area (Å²) in [6.45, 7) is 3.54. The number of hydrogen-bond acceptors (Lipinski definition) is 2. The van der Waals surface area contributed by atoms with Gasteiger partial charge in [0.1, 0.15) is 5.75 Å². The number of nitrogens with one attached hydrogen (secondary N) is 2. The van der Waals surface area contributed by atoms with E-state index in [1.54, 1.807) is 7.11 Å². The number of hydrogen-bond donors (Lipinski definition) is 2.